The molecule has 6 heteroatoms. The number of ether oxygens (including phenoxy) is 3. The number of hydrogen-bond acceptors (Lipinski definition) is 6. The summed E-state index contributed by atoms with van der Waals surface area (Å²) in [4.78, 5) is 38.0. The highest BCUT2D eigenvalue weighted by Gasteiger charge is 2.19. The first-order chi connectivity index (χ1) is 34.0. The number of unbranched alkanes of at least 4 members (excludes halogenated alkanes) is 12. The standard InChI is InChI=1S/C63H98O6/c1-4-7-10-13-16-19-22-25-28-30-31-33-36-38-41-44-47-50-53-56-62(65)68-59-60(69-63(66)57-54-51-48-45-42-39-34-27-24-21-18-15-12-9-6-3)58-67-61(64)55-52-49-46-43-40-37-35-32-29-26-23-20-17-14-11-8-5-2/h8,11,16-21,25-29,31,33-35,37-38,41,43,46-47,50,60H,4-7,9-10,12-15,22-24,30,32,36,39-40,42,44-45,48-49,51-59H2,1-3H3/b11-8-,19-16-,20-17-,21-18-,28-25-,29-26-,33-31-,34-27-,37-35-,41-38-,46-43-,50-47-/t60-/m1/s1. The van der Waals surface area contributed by atoms with E-state index in [2.05, 4.69) is 154 Å². The van der Waals surface area contributed by atoms with E-state index in [0.29, 0.717) is 12.8 Å². The molecule has 0 heterocycles. The van der Waals surface area contributed by atoms with Crippen LogP contribution in [0, 0.1) is 0 Å². The molecule has 0 spiro atoms. The van der Waals surface area contributed by atoms with E-state index in [1.165, 1.54) is 51.4 Å². The molecule has 69 heavy (non-hydrogen) atoms. The van der Waals surface area contributed by atoms with Crippen molar-refractivity contribution >= 4 is 17.9 Å². The maximum atomic E-state index is 12.8. The first-order valence-corrected chi connectivity index (χ1v) is 27.3. The molecule has 0 aliphatic carbocycles. The fourth-order valence-electron chi connectivity index (χ4n) is 6.72. The average Bonchev–Trinajstić information content (AvgIpc) is 3.35. The van der Waals surface area contributed by atoms with Crippen LogP contribution in [0.5, 0.6) is 0 Å². The number of esters is 3. The van der Waals surface area contributed by atoms with Gasteiger partial charge < -0.3 is 14.2 Å². The zero-order valence-corrected chi connectivity index (χ0v) is 44.0. The van der Waals surface area contributed by atoms with Crippen molar-refractivity contribution in [1.82, 2.24) is 0 Å². The number of carbonyl (C=O) groups is 3. The molecule has 0 aromatic rings. The van der Waals surface area contributed by atoms with Crippen LogP contribution in [-0.2, 0) is 28.6 Å². The Hall–Kier alpha value is -4.71. The predicted molar refractivity (Wildman–Crippen MR) is 297 cm³/mol. The van der Waals surface area contributed by atoms with Crippen LogP contribution in [0.15, 0.2) is 146 Å². The van der Waals surface area contributed by atoms with Crippen LogP contribution in [0.3, 0.4) is 0 Å². The van der Waals surface area contributed by atoms with Gasteiger partial charge >= 0.3 is 17.9 Å². The Kier molecular flexibility index (Phi) is 52.1. The number of rotatable bonds is 47. The Morgan fingerprint density at radius 1 is 0.304 bits per heavy atom. The van der Waals surface area contributed by atoms with E-state index in [1.54, 1.807) is 0 Å². The fraction of sp³-hybridized carbons (Fsp3) is 0.571. The first-order valence-electron chi connectivity index (χ1n) is 27.3. The van der Waals surface area contributed by atoms with Crippen molar-refractivity contribution in [3.63, 3.8) is 0 Å². The van der Waals surface area contributed by atoms with Crippen LogP contribution in [0.1, 0.15) is 213 Å². The summed E-state index contributed by atoms with van der Waals surface area (Å²) in [5.74, 6) is -1.10. The van der Waals surface area contributed by atoms with Gasteiger partial charge in [0, 0.05) is 19.3 Å². The zero-order valence-electron chi connectivity index (χ0n) is 44.0. The van der Waals surface area contributed by atoms with Gasteiger partial charge in [-0.2, -0.15) is 0 Å². The minimum absolute atomic E-state index is 0.142. The monoisotopic (exact) mass is 951 g/mol. The molecule has 0 aromatic carbocycles. The molecule has 6 nitrogen and oxygen atoms in total. The molecule has 0 saturated heterocycles. The van der Waals surface area contributed by atoms with Crippen LogP contribution < -0.4 is 0 Å². The highest BCUT2D eigenvalue weighted by Crippen LogP contribution is 2.11. The Labute approximate surface area is 423 Å². The molecule has 0 amide bonds. The Bertz CT molecular complexity index is 1560. The van der Waals surface area contributed by atoms with Gasteiger partial charge in [0.25, 0.3) is 0 Å². The lowest BCUT2D eigenvalue weighted by atomic mass is 10.1. The van der Waals surface area contributed by atoms with E-state index in [1.807, 2.05) is 12.2 Å². The third-order valence-electron chi connectivity index (χ3n) is 10.8. The molecule has 0 saturated carbocycles. The lowest BCUT2D eigenvalue weighted by Crippen LogP contribution is -2.30. The van der Waals surface area contributed by atoms with Crippen molar-refractivity contribution in [1.29, 1.82) is 0 Å². The van der Waals surface area contributed by atoms with Gasteiger partial charge in [0.2, 0.25) is 0 Å². The molecule has 0 bridgehead atoms. The summed E-state index contributed by atoms with van der Waals surface area (Å²) >= 11 is 0. The molecule has 1 atom stereocenters. The summed E-state index contributed by atoms with van der Waals surface area (Å²) in [6.45, 7) is 6.32. The van der Waals surface area contributed by atoms with Crippen molar-refractivity contribution in [2.75, 3.05) is 13.2 Å². The highest BCUT2D eigenvalue weighted by molar-refractivity contribution is 5.71. The second-order valence-electron chi connectivity index (χ2n) is 17.4. The number of hydrogen-bond donors (Lipinski definition) is 0. The normalized spacial score (nSPS) is 13.3. The summed E-state index contributed by atoms with van der Waals surface area (Å²) in [5, 5.41) is 0. The van der Waals surface area contributed by atoms with Gasteiger partial charge in [0.05, 0.1) is 0 Å². The van der Waals surface area contributed by atoms with E-state index >= 15 is 0 Å². The minimum atomic E-state index is -0.845. The lowest BCUT2D eigenvalue weighted by Gasteiger charge is -2.18. The third kappa shape index (κ3) is 54.1. The second-order valence-corrected chi connectivity index (χ2v) is 17.4. The Balaban J connectivity index is 4.64. The molecule has 0 radical (unpaired) electrons. The highest BCUT2D eigenvalue weighted by atomic mass is 16.6. The number of allylic oxidation sites excluding steroid dienone is 24. The van der Waals surface area contributed by atoms with Gasteiger partial charge in [-0.1, -0.05) is 212 Å². The van der Waals surface area contributed by atoms with E-state index in [0.717, 1.165) is 109 Å². The van der Waals surface area contributed by atoms with Crippen molar-refractivity contribution in [3.8, 4) is 0 Å². The van der Waals surface area contributed by atoms with Crippen molar-refractivity contribution in [3.05, 3.63) is 146 Å². The van der Waals surface area contributed by atoms with Gasteiger partial charge in [-0.3, -0.25) is 14.4 Å². The van der Waals surface area contributed by atoms with Gasteiger partial charge in [-0.25, -0.2) is 0 Å². The smallest absolute Gasteiger partial charge is 0.306 e. The van der Waals surface area contributed by atoms with Gasteiger partial charge in [0.1, 0.15) is 13.2 Å². The van der Waals surface area contributed by atoms with Crippen LogP contribution in [-0.4, -0.2) is 37.2 Å². The van der Waals surface area contributed by atoms with Gasteiger partial charge in [0.15, 0.2) is 6.10 Å². The maximum Gasteiger partial charge on any atom is 0.306 e. The molecule has 0 rings (SSSR count). The predicted octanol–water partition coefficient (Wildman–Crippen LogP) is 18.4. The summed E-state index contributed by atoms with van der Waals surface area (Å²) < 4.78 is 16.7. The number of carbonyl (C=O) groups excluding carboxylic acids is 3. The van der Waals surface area contributed by atoms with E-state index < -0.39 is 6.10 Å². The van der Waals surface area contributed by atoms with Crippen molar-refractivity contribution in [2.45, 2.75) is 219 Å². The lowest BCUT2D eigenvalue weighted by molar-refractivity contribution is -0.166. The summed E-state index contributed by atoms with van der Waals surface area (Å²) in [6.07, 6.45) is 79.9. The second kappa shape index (κ2) is 55.9. The Morgan fingerprint density at radius 2 is 0.609 bits per heavy atom. The molecule has 0 N–H and O–H groups in total. The molecule has 0 unspecified atom stereocenters. The Morgan fingerprint density at radius 3 is 1.01 bits per heavy atom. The maximum absolute atomic E-state index is 12.8. The van der Waals surface area contributed by atoms with Crippen molar-refractivity contribution < 1.29 is 28.6 Å². The zero-order chi connectivity index (χ0) is 50.0. The van der Waals surface area contributed by atoms with Crippen LogP contribution in [0.2, 0.25) is 0 Å². The molecular formula is C63H98O6. The minimum Gasteiger partial charge on any atom is -0.462 e. The quantitative estimate of drug-likeness (QED) is 0.0262. The molecule has 0 aliphatic rings. The summed E-state index contributed by atoms with van der Waals surface area (Å²) in [7, 11) is 0. The topological polar surface area (TPSA) is 78.9 Å². The van der Waals surface area contributed by atoms with Crippen LogP contribution in [0.4, 0.5) is 0 Å². The molecular weight excluding hydrogens is 853 g/mol. The SMILES string of the molecule is CC/C=C\C/C=C\C/C=C\C/C=C\C/C=C\CCCC(=O)OC[C@H](COC(=O)CC/C=C\C/C=C\C/C=C\C/C=C\C/C=C\CCCCC)OC(=O)CCCCCCC/C=C\C/C=C\CCCCC. The van der Waals surface area contributed by atoms with E-state index in [-0.39, 0.29) is 50.4 Å². The fourth-order valence-corrected chi connectivity index (χ4v) is 6.72. The molecule has 0 aromatic heterocycles. The molecule has 0 fully saturated rings. The average molecular weight is 951 g/mol. The van der Waals surface area contributed by atoms with Crippen molar-refractivity contribution in [2.24, 2.45) is 0 Å². The van der Waals surface area contributed by atoms with Crippen LogP contribution in [0.25, 0.3) is 0 Å². The largest absolute Gasteiger partial charge is 0.462 e. The van der Waals surface area contributed by atoms with Gasteiger partial charge in [-0.15, -0.1) is 0 Å². The van der Waals surface area contributed by atoms with E-state index in [4.69, 9.17) is 14.2 Å². The third-order valence-corrected chi connectivity index (χ3v) is 10.8. The summed E-state index contributed by atoms with van der Waals surface area (Å²) in [6, 6.07) is 0. The molecule has 0 aliphatic heterocycles. The van der Waals surface area contributed by atoms with E-state index in [9.17, 15) is 14.4 Å². The van der Waals surface area contributed by atoms with Crippen LogP contribution >= 0.6 is 0 Å². The summed E-state index contributed by atoms with van der Waals surface area (Å²) in [5.41, 5.74) is 0. The first kappa shape index (κ1) is 64.3. The molecule has 386 valence electrons. The van der Waals surface area contributed by atoms with Gasteiger partial charge in [-0.05, 0) is 128 Å².